The van der Waals surface area contributed by atoms with Crippen LogP contribution in [0, 0.1) is 0 Å². The molecule has 168 valence electrons. The average molecular weight is 476 g/mol. The van der Waals surface area contributed by atoms with E-state index in [0.29, 0.717) is 28.2 Å². The van der Waals surface area contributed by atoms with Gasteiger partial charge in [0, 0.05) is 37.9 Å². The van der Waals surface area contributed by atoms with Crippen molar-refractivity contribution in [1.82, 2.24) is 30.5 Å². The topological polar surface area (TPSA) is 120 Å². The second-order valence-electron chi connectivity index (χ2n) is 7.44. The summed E-state index contributed by atoms with van der Waals surface area (Å²) in [6, 6.07) is 9.31. The first kappa shape index (κ1) is 22.3. The molecule has 0 bridgehead atoms. The maximum Gasteiger partial charge on any atom is 0.270 e. The third kappa shape index (κ3) is 5.09. The first-order valence-corrected chi connectivity index (χ1v) is 10.9. The molecule has 12 heteroatoms. The number of rotatable bonds is 7. The number of tetrazole rings is 1. The highest BCUT2D eigenvalue weighted by Crippen LogP contribution is 2.36. The van der Waals surface area contributed by atoms with Crippen molar-refractivity contribution in [3.05, 3.63) is 52.1 Å². The van der Waals surface area contributed by atoms with Crippen LogP contribution in [0.25, 0.3) is 0 Å². The predicted octanol–water partition coefficient (Wildman–Crippen LogP) is 2.24. The van der Waals surface area contributed by atoms with Gasteiger partial charge in [0.25, 0.3) is 5.95 Å². The van der Waals surface area contributed by atoms with Crippen LogP contribution in [0.5, 0.6) is 0 Å². The van der Waals surface area contributed by atoms with Crippen LogP contribution >= 0.6 is 23.2 Å². The number of aromatic amines is 1. The molecule has 0 aliphatic carbocycles. The first-order valence-electron chi connectivity index (χ1n) is 10.2. The quantitative estimate of drug-likeness (QED) is 0.533. The molecule has 0 spiro atoms. The predicted molar refractivity (Wildman–Crippen MR) is 123 cm³/mol. The van der Waals surface area contributed by atoms with Gasteiger partial charge in [-0.15, -0.1) is 5.10 Å². The van der Waals surface area contributed by atoms with Crippen LogP contribution in [0.3, 0.4) is 0 Å². The summed E-state index contributed by atoms with van der Waals surface area (Å²) in [5.41, 5.74) is 7.01. The molecule has 32 heavy (non-hydrogen) atoms. The fraction of sp³-hybridized carbons (Fsp3) is 0.350. The lowest BCUT2D eigenvalue weighted by Gasteiger charge is -2.27. The second kappa shape index (κ2) is 10.1. The third-order valence-corrected chi connectivity index (χ3v) is 6.07. The van der Waals surface area contributed by atoms with Gasteiger partial charge < -0.3 is 15.5 Å². The van der Waals surface area contributed by atoms with Crippen LogP contribution in [-0.4, -0.2) is 69.1 Å². The monoisotopic (exact) mass is 475 g/mol. The van der Waals surface area contributed by atoms with Crippen LogP contribution < -0.4 is 15.5 Å². The lowest BCUT2D eigenvalue weighted by atomic mass is 10.2. The summed E-state index contributed by atoms with van der Waals surface area (Å²) < 4.78 is 0. The van der Waals surface area contributed by atoms with Crippen LogP contribution in [0.1, 0.15) is 12.0 Å². The van der Waals surface area contributed by atoms with Gasteiger partial charge in [-0.2, -0.15) is 5.21 Å². The number of H-pyrrole nitrogens is 1. The molecule has 1 saturated heterocycles. The van der Waals surface area contributed by atoms with Gasteiger partial charge in [0.2, 0.25) is 5.91 Å². The molecular formula is C20H23Cl2N9O. The molecule has 1 aromatic carbocycles. The molecule has 3 aromatic rings. The Morgan fingerprint density at radius 2 is 2.03 bits per heavy atom. The van der Waals surface area contributed by atoms with E-state index < -0.39 is 0 Å². The van der Waals surface area contributed by atoms with Crippen LogP contribution in [0.2, 0.25) is 10.0 Å². The van der Waals surface area contributed by atoms with E-state index in [4.69, 9.17) is 28.9 Å². The number of carbonyl (C=O) groups excluding carboxylic acids is 1. The summed E-state index contributed by atoms with van der Waals surface area (Å²) in [4.78, 5) is 22.1. The Bertz CT molecular complexity index is 1060. The van der Waals surface area contributed by atoms with Gasteiger partial charge in [0.1, 0.15) is 5.82 Å². The Labute approximate surface area is 195 Å². The Morgan fingerprint density at radius 1 is 1.16 bits per heavy atom. The van der Waals surface area contributed by atoms with Gasteiger partial charge in [0.15, 0.2) is 0 Å². The summed E-state index contributed by atoms with van der Waals surface area (Å²) in [5.74, 6) is 0.915. The van der Waals surface area contributed by atoms with Crippen molar-refractivity contribution in [2.75, 3.05) is 42.5 Å². The molecule has 4 rings (SSSR count). The largest absolute Gasteiger partial charge is 0.369 e. The van der Waals surface area contributed by atoms with E-state index >= 15 is 0 Å². The number of primary amides is 1. The maximum absolute atomic E-state index is 11.3. The molecule has 1 aliphatic rings. The molecule has 10 nitrogen and oxygen atoms in total. The van der Waals surface area contributed by atoms with Crippen LogP contribution in [-0.2, 0) is 11.3 Å². The summed E-state index contributed by atoms with van der Waals surface area (Å²) >= 11 is 12.8. The number of hydrogen-bond donors (Lipinski definition) is 2. The molecule has 0 radical (unpaired) electrons. The highest BCUT2D eigenvalue weighted by atomic mass is 35.5. The Balaban J connectivity index is 1.62. The number of nitrogens with zero attached hydrogens (tertiary/aromatic N) is 7. The van der Waals surface area contributed by atoms with Gasteiger partial charge in [-0.05, 0) is 29.8 Å². The number of anilines is 3. The number of benzene rings is 1. The molecule has 1 fully saturated rings. The molecule has 3 heterocycles. The minimum atomic E-state index is -0.314. The molecule has 1 amide bonds. The van der Waals surface area contributed by atoms with E-state index in [1.165, 1.54) is 0 Å². The van der Waals surface area contributed by atoms with Crippen molar-refractivity contribution in [2.45, 2.75) is 13.0 Å². The van der Waals surface area contributed by atoms with Gasteiger partial charge in [-0.1, -0.05) is 40.4 Å². The van der Waals surface area contributed by atoms with E-state index in [9.17, 15) is 4.79 Å². The maximum atomic E-state index is 11.3. The molecular weight excluding hydrogens is 453 g/mol. The molecule has 2 aromatic heterocycles. The summed E-state index contributed by atoms with van der Waals surface area (Å²) in [7, 11) is 0. The first-order chi connectivity index (χ1) is 15.5. The Hall–Kier alpha value is -2.95. The zero-order valence-corrected chi connectivity index (χ0v) is 18.8. The van der Waals surface area contributed by atoms with Crippen molar-refractivity contribution >= 4 is 46.6 Å². The fourth-order valence-corrected chi connectivity index (χ4v) is 4.20. The van der Waals surface area contributed by atoms with Crippen LogP contribution in [0.4, 0.5) is 17.5 Å². The van der Waals surface area contributed by atoms with Crippen molar-refractivity contribution in [2.24, 2.45) is 5.73 Å². The number of pyridine rings is 1. The summed E-state index contributed by atoms with van der Waals surface area (Å²) in [6.45, 7) is 3.77. The highest BCUT2D eigenvalue weighted by molar-refractivity contribution is 6.43. The highest BCUT2D eigenvalue weighted by Gasteiger charge is 2.23. The SMILES string of the molecule is NC(=O)CN1CCCN(c2ncccc2CN(c2nn[nH]n2)c2cccc(Cl)c2Cl)CC1. The second-order valence-corrected chi connectivity index (χ2v) is 8.23. The summed E-state index contributed by atoms with van der Waals surface area (Å²) in [5, 5.41) is 15.3. The van der Waals surface area contributed by atoms with Gasteiger partial charge >= 0.3 is 0 Å². The van der Waals surface area contributed by atoms with Gasteiger partial charge in [-0.3, -0.25) is 9.69 Å². The van der Waals surface area contributed by atoms with E-state index in [0.717, 1.165) is 44.0 Å². The van der Waals surface area contributed by atoms with Crippen molar-refractivity contribution in [3.63, 3.8) is 0 Å². The van der Waals surface area contributed by atoms with Gasteiger partial charge in [-0.25, -0.2) is 4.98 Å². The number of aromatic nitrogens is 5. The number of amides is 1. The molecule has 0 atom stereocenters. The summed E-state index contributed by atoms with van der Waals surface area (Å²) in [6.07, 6.45) is 2.67. The number of halogens is 2. The lowest BCUT2D eigenvalue weighted by molar-refractivity contribution is -0.119. The smallest absolute Gasteiger partial charge is 0.270 e. The van der Waals surface area contributed by atoms with Gasteiger partial charge in [0.05, 0.1) is 28.8 Å². The van der Waals surface area contributed by atoms with Crippen molar-refractivity contribution < 1.29 is 4.79 Å². The molecule has 0 saturated carbocycles. The lowest BCUT2D eigenvalue weighted by Crippen LogP contribution is -2.37. The average Bonchev–Trinajstić information content (AvgIpc) is 3.21. The standard InChI is InChI=1S/C20H23Cl2N9O/c21-15-5-1-6-16(18(15)22)31(20-25-27-28-26-20)12-14-4-2-7-24-19(14)30-9-3-8-29(10-11-30)13-17(23)32/h1-2,4-7H,3,8-13H2,(H2,23,32)(H,25,26,27,28). The number of hydrogen-bond acceptors (Lipinski definition) is 8. The Morgan fingerprint density at radius 3 is 2.81 bits per heavy atom. The van der Waals surface area contributed by atoms with E-state index in [-0.39, 0.29) is 12.5 Å². The number of carbonyl (C=O) groups is 1. The Kier molecular flexibility index (Phi) is 7.03. The minimum Gasteiger partial charge on any atom is -0.369 e. The zero-order valence-electron chi connectivity index (χ0n) is 17.3. The molecule has 1 aliphatic heterocycles. The fourth-order valence-electron chi connectivity index (χ4n) is 3.81. The number of nitrogens with two attached hydrogens (primary N) is 1. The zero-order chi connectivity index (χ0) is 22.5. The molecule has 3 N–H and O–H groups in total. The van der Waals surface area contributed by atoms with E-state index in [1.807, 2.05) is 29.2 Å². The third-order valence-electron chi connectivity index (χ3n) is 5.26. The van der Waals surface area contributed by atoms with Crippen molar-refractivity contribution in [1.29, 1.82) is 0 Å². The van der Waals surface area contributed by atoms with Crippen molar-refractivity contribution in [3.8, 4) is 0 Å². The van der Waals surface area contributed by atoms with E-state index in [1.54, 1.807) is 12.3 Å². The van der Waals surface area contributed by atoms with E-state index in [2.05, 4.69) is 35.4 Å². The van der Waals surface area contributed by atoms with Crippen LogP contribution in [0.15, 0.2) is 36.5 Å². The normalized spacial score (nSPS) is 14.9. The molecule has 0 unspecified atom stereocenters. The minimum absolute atomic E-state index is 0.266. The number of nitrogens with one attached hydrogen (secondary N) is 1.